The highest BCUT2D eigenvalue weighted by atomic mass is 35.5. The fourth-order valence-electron chi connectivity index (χ4n) is 2.46. The molecule has 0 spiro atoms. The third kappa shape index (κ3) is 2.94. The molecule has 0 radical (unpaired) electrons. The molecule has 0 atom stereocenters. The molecule has 25 heavy (non-hydrogen) atoms. The van der Waals surface area contributed by atoms with E-state index in [1.807, 2.05) is 0 Å². The maximum absolute atomic E-state index is 14.3. The number of nitrogens with two attached hydrogens (primary N) is 1. The van der Waals surface area contributed by atoms with Crippen LogP contribution in [0.5, 0.6) is 5.75 Å². The zero-order valence-corrected chi connectivity index (χ0v) is 14.3. The second-order valence-corrected chi connectivity index (χ2v) is 5.72. The molecule has 6 nitrogen and oxygen atoms in total. The van der Waals surface area contributed by atoms with Crippen LogP contribution in [-0.4, -0.2) is 35.4 Å². The second-order valence-electron chi connectivity index (χ2n) is 5.31. The minimum absolute atomic E-state index is 0.157. The Morgan fingerprint density at radius 1 is 1.36 bits per heavy atom. The second kappa shape index (κ2) is 6.52. The lowest BCUT2D eigenvalue weighted by atomic mass is 10.0. The molecule has 4 N–H and O–H groups in total. The average Bonchev–Trinajstić information content (AvgIpc) is 2.62. The van der Waals surface area contributed by atoms with Gasteiger partial charge in [-0.2, -0.15) is 0 Å². The summed E-state index contributed by atoms with van der Waals surface area (Å²) in [7, 11) is 3.31. The normalized spacial score (nSPS) is 11.4. The van der Waals surface area contributed by atoms with Crippen molar-refractivity contribution in [2.45, 2.75) is 0 Å². The number of anilines is 2. The Morgan fingerprint density at radius 3 is 2.80 bits per heavy atom. The van der Waals surface area contributed by atoms with Gasteiger partial charge in [-0.05, 0) is 18.2 Å². The van der Waals surface area contributed by atoms with E-state index in [9.17, 15) is 9.50 Å². The summed E-state index contributed by atoms with van der Waals surface area (Å²) in [6, 6.07) is 4.86. The average molecular weight is 360 g/mol. The molecule has 2 aromatic heterocycles. The number of nitrogens with one attached hydrogen (secondary N) is 1. The maximum atomic E-state index is 14.3. The first-order chi connectivity index (χ1) is 12.0. The molecular weight excluding hydrogens is 345 g/mol. The third-order valence-electron chi connectivity index (χ3n) is 3.76. The van der Waals surface area contributed by atoms with Crippen molar-refractivity contribution in [3.05, 3.63) is 40.8 Å². The van der Waals surface area contributed by atoms with Gasteiger partial charge in [0.25, 0.3) is 0 Å². The van der Waals surface area contributed by atoms with E-state index in [4.69, 9.17) is 17.3 Å². The Kier molecular flexibility index (Phi) is 4.41. The van der Waals surface area contributed by atoms with Crippen LogP contribution in [0.15, 0.2) is 29.4 Å². The summed E-state index contributed by atoms with van der Waals surface area (Å²) in [5, 5.41) is 14.1. The van der Waals surface area contributed by atoms with E-state index in [1.165, 1.54) is 19.3 Å². The Morgan fingerprint density at radius 2 is 2.12 bits per heavy atom. The van der Waals surface area contributed by atoms with Gasteiger partial charge in [0.05, 0.1) is 28.3 Å². The zero-order valence-electron chi connectivity index (χ0n) is 13.5. The van der Waals surface area contributed by atoms with Crippen molar-refractivity contribution in [2.75, 3.05) is 25.1 Å². The molecule has 0 saturated heterocycles. The molecule has 2 heterocycles. The van der Waals surface area contributed by atoms with Crippen molar-refractivity contribution in [1.29, 1.82) is 0 Å². The van der Waals surface area contributed by atoms with E-state index in [0.29, 0.717) is 21.6 Å². The van der Waals surface area contributed by atoms with E-state index in [-0.39, 0.29) is 16.9 Å². The van der Waals surface area contributed by atoms with Gasteiger partial charge < -0.3 is 16.2 Å². The Hall–Kier alpha value is -2.93. The van der Waals surface area contributed by atoms with Gasteiger partial charge in [0.1, 0.15) is 0 Å². The summed E-state index contributed by atoms with van der Waals surface area (Å²) >= 11 is 6.33. The number of hydrogen-bond acceptors (Lipinski definition) is 6. The van der Waals surface area contributed by atoms with Gasteiger partial charge in [-0.1, -0.05) is 11.6 Å². The number of benzene rings is 1. The molecule has 0 aliphatic carbocycles. The highest BCUT2D eigenvalue weighted by Gasteiger charge is 2.18. The lowest BCUT2D eigenvalue weighted by Gasteiger charge is -2.11. The standard InChI is InChI=1S/C17H15ClFN5O/c1-21-6-8-3-11(16(25)14(19)15(8)20)13-5-12(18)10-4-9(22-2)7-23-17(10)24-13/h3-7,22,25H,20H2,1-2H3. The lowest BCUT2D eigenvalue weighted by molar-refractivity contribution is 0.436. The van der Waals surface area contributed by atoms with Gasteiger partial charge in [-0.25, -0.2) is 14.4 Å². The van der Waals surface area contributed by atoms with Crippen LogP contribution < -0.4 is 11.1 Å². The molecule has 3 aromatic rings. The first kappa shape index (κ1) is 16.9. The quantitative estimate of drug-likeness (QED) is 0.491. The SMILES string of the molecule is CN=Cc1cc(-c2cc(Cl)c3cc(NC)cnc3n2)c(O)c(F)c1N. The predicted molar refractivity (Wildman–Crippen MR) is 99.1 cm³/mol. The van der Waals surface area contributed by atoms with E-state index in [1.54, 1.807) is 25.4 Å². The third-order valence-corrected chi connectivity index (χ3v) is 4.07. The number of aromatic hydroxyl groups is 1. The molecule has 0 aliphatic rings. The number of hydrogen-bond donors (Lipinski definition) is 3. The smallest absolute Gasteiger partial charge is 0.189 e. The summed E-state index contributed by atoms with van der Waals surface area (Å²) in [6.07, 6.45) is 3.01. The first-order valence-electron chi connectivity index (χ1n) is 7.33. The molecule has 3 rings (SSSR count). The molecule has 0 aliphatic heterocycles. The van der Waals surface area contributed by atoms with Gasteiger partial charge in [0, 0.05) is 36.8 Å². The van der Waals surface area contributed by atoms with Gasteiger partial charge in [0.15, 0.2) is 17.2 Å². The zero-order chi connectivity index (χ0) is 18.1. The number of phenols is 1. The van der Waals surface area contributed by atoms with Crippen molar-refractivity contribution in [3.8, 4) is 17.0 Å². The van der Waals surface area contributed by atoms with E-state index in [0.717, 1.165) is 5.69 Å². The summed E-state index contributed by atoms with van der Waals surface area (Å²) in [4.78, 5) is 12.5. The lowest BCUT2D eigenvalue weighted by Crippen LogP contribution is -2.00. The molecule has 0 bridgehead atoms. The molecule has 8 heteroatoms. The minimum atomic E-state index is -0.927. The van der Waals surface area contributed by atoms with Crippen molar-refractivity contribution >= 4 is 40.2 Å². The fourth-order valence-corrected chi connectivity index (χ4v) is 2.70. The molecule has 1 aromatic carbocycles. The number of nitrogens with zero attached hydrogens (tertiary/aromatic N) is 3. The van der Waals surface area contributed by atoms with Crippen LogP contribution in [0.25, 0.3) is 22.3 Å². The summed E-state index contributed by atoms with van der Waals surface area (Å²) < 4.78 is 14.3. The number of rotatable bonds is 3. The van der Waals surface area contributed by atoms with Crippen LogP contribution >= 0.6 is 11.6 Å². The van der Waals surface area contributed by atoms with Gasteiger partial charge >= 0.3 is 0 Å². The van der Waals surface area contributed by atoms with Crippen molar-refractivity contribution in [2.24, 2.45) is 4.99 Å². The monoisotopic (exact) mass is 359 g/mol. The van der Waals surface area contributed by atoms with Crippen molar-refractivity contribution in [3.63, 3.8) is 0 Å². The first-order valence-corrected chi connectivity index (χ1v) is 7.71. The predicted octanol–water partition coefficient (Wildman–Crippen LogP) is 3.47. The summed E-state index contributed by atoms with van der Waals surface area (Å²) in [5.41, 5.74) is 7.43. The Labute approximate surface area is 148 Å². The van der Waals surface area contributed by atoms with Gasteiger partial charge in [-0.15, -0.1) is 0 Å². The Balaban J connectivity index is 2.26. The molecule has 0 amide bonds. The van der Waals surface area contributed by atoms with Gasteiger partial charge in [-0.3, -0.25) is 4.99 Å². The summed E-state index contributed by atoms with van der Waals surface area (Å²) in [6.45, 7) is 0. The largest absolute Gasteiger partial charge is 0.504 e. The van der Waals surface area contributed by atoms with Crippen LogP contribution in [0.3, 0.4) is 0 Å². The Bertz CT molecular complexity index is 1010. The van der Waals surface area contributed by atoms with E-state index >= 15 is 0 Å². The number of pyridine rings is 2. The number of halogens is 2. The highest BCUT2D eigenvalue weighted by Crippen LogP contribution is 2.37. The molecule has 0 fully saturated rings. The highest BCUT2D eigenvalue weighted by molar-refractivity contribution is 6.35. The topological polar surface area (TPSA) is 96.4 Å². The summed E-state index contributed by atoms with van der Waals surface area (Å²) in [5.74, 6) is -1.52. The number of nitrogen functional groups attached to an aromatic ring is 1. The van der Waals surface area contributed by atoms with E-state index < -0.39 is 11.6 Å². The number of aromatic nitrogens is 2. The number of fused-ring (bicyclic) bond motifs is 1. The van der Waals surface area contributed by atoms with Crippen LogP contribution in [0.2, 0.25) is 5.02 Å². The van der Waals surface area contributed by atoms with Crippen LogP contribution in [0.4, 0.5) is 15.8 Å². The molecule has 0 unspecified atom stereocenters. The van der Waals surface area contributed by atoms with E-state index in [2.05, 4.69) is 20.3 Å². The van der Waals surface area contributed by atoms with Crippen LogP contribution in [0, 0.1) is 5.82 Å². The molecule has 0 saturated carbocycles. The molecular formula is C17H15ClFN5O. The maximum Gasteiger partial charge on any atom is 0.189 e. The van der Waals surface area contributed by atoms with Gasteiger partial charge in [0.2, 0.25) is 0 Å². The van der Waals surface area contributed by atoms with Crippen molar-refractivity contribution in [1.82, 2.24) is 9.97 Å². The fraction of sp³-hybridized carbons (Fsp3) is 0.118. The van der Waals surface area contributed by atoms with Crippen LogP contribution in [-0.2, 0) is 0 Å². The van der Waals surface area contributed by atoms with Crippen LogP contribution in [0.1, 0.15) is 5.56 Å². The molecule has 128 valence electrons. The minimum Gasteiger partial charge on any atom is -0.504 e. The van der Waals surface area contributed by atoms with Crippen molar-refractivity contribution < 1.29 is 9.50 Å². The number of aliphatic imine (C=N–C) groups is 1. The number of phenolic OH excluding ortho intramolecular Hbond substituents is 1.